The van der Waals surface area contributed by atoms with Gasteiger partial charge in [-0.1, -0.05) is 19.1 Å². The number of phenols is 1. The lowest BCUT2D eigenvalue weighted by Crippen LogP contribution is -2.13. The van der Waals surface area contributed by atoms with E-state index in [2.05, 4.69) is 0 Å². The van der Waals surface area contributed by atoms with Crippen molar-refractivity contribution in [3.05, 3.63) is 23.8 Å². The quantitative estimate of drug-likeness (QED) is 0.480. The van der Waals surface area contributed by atoms with Crippen LogP contribution in [0.2, 0.25) is 0 Å². The average Bonchev–Trinajstić information content (AvgIpc) is 2.24. The number of ether oxygens (including phenoxy) is 1. The van der Waals surface area contributed by atoms with Gasteiger partial charge < -0.3 is 9.84 Å². The van der Waals surface area contributed by atoms with E-state index in [0.717, 1.165) is 0 Å². The molecule has 1 aromatic carbocycles. The second-order valence-corrected chi connectivity index (χ2v) is 3.46. The zero-order valence-corrected chi connectivity index (χ0v) is 9.32. The zero-order chi connectivity index (χ0) is 12.1. The van der Waals surface area contributed by atoms with E-state index < -0.39 is 5.97 Å². The Morgan fingerprint density at radius 1 is 1.38 bits per heavy atom. The van der Waals surface area contributed by atoms with Crippen molar-refractivity contribution in [2.45, 2.75) is 26.7 Å². The largest absolute Gasteiger partial charge is 0.504 e. The molecule has 4 nitrogen and oxygen atoms in total. The normalized spacial score (nSPS) is 9.88. The van der Waals surface area contributed by atoms with Gasteiger partial charge in [0.2, 0.25) is 0 Å². The van der Waals surface area contributed by atoms with Gasteiger partial charge in [0.25, 0.3) is 0 Å². The standard InChI is InChI=1S/C12H14O4/c1-3-9(13)7-11(14)16-10-6-4-5-8(2)12(10)15/h4-6,15H,3,7H2,1-2H3. The van der Waals surface area contributed by atoms with Crippen LogP contribution in [0, 0.1) is 6.92 Å². The van der Waals surface area contributed by atoms with Gasteiger partial charge >= 0.3 is 5.97 Å². The van der Waals surface area contributed by atoms with Crippen LogP contribution in [0.25, 0.3) is 0 Å². The number of phenolic OH excluding ortho intramolecular Hbond substituents is 1. The first kappa shape index (κ1) is 12.2. The van der Waals surface area contributed by atoms with E-state index in [1.807, 2.05) is 0 Å². The number of hydrogen-bond donors (Lipinski definition) is 1. The molecular weight excluding hydrogens is 208 g/mol. The molecule has 1 aromatic rings. The first-order chi connectivity index (χ1) is 7.54. The van der Waals surface area contributed by atoms with E-state index in [-0.39, 0.29) is 23.7 Å². The zero-order valence-electron chi connectivity index (χ0n) is 9.32. The fourth-order valence-corrected chi connectivity index (χ4v) is 1.16. The smallest absolute Gasteiger partial charge is 0.318 e. The van der Waals surface area contributed by atoms with Gasteiger partial charge in [-0.05, 0) is 18.6 Å². The molecule has 0 aromatic heterocycles. The highest BCUT2D eigenvalue weighted by atomic mass is 16.5. The van der Waals surface area contributed by atoms with Crippen LogP contribution < -0.4 is 4.74 Å². The summed E-state index contributed by atoms with van der Waals surface area (Å²) in [5, 5.41) is 9.58. The number of ketones is 1. The van der Waals surface area contributed by atoms with Gasteiger partial charge in [-0.15, -0.1) is 0 Å². The Morgan fingerprint density at radius 3 is 2.69 bits per heavy atom. The summed E-state index contributed by atoms with van der Waals surface area (Å²) in [6.07, 6.45) is 0.0405. The molecule has 0 bridgehead atoms. The predicted molar refractivity (Wildman–Crippen MR) is 58.4 cm³/mol. The van der Waals surface area contributed by atoms with Gasteiger partial charge in [0.15, 0.2) is 11.5 Å². The Balaban J connectivity index is 2.70. The van der Waals surface area contributed by atoms with Crippen molar-refractivity contribution < 1.29 is 19.4 Å². The summed E-state index contributed by atoms with van der Waals surface area (Å²) >= 11 is 0. The van der Waals surface area contributed by atoms with Gasteiger partial charge in [0.1, 0.15) is 12.2 Å². The lowest BCUT2D eigenvalue weighted by Gasteiger charge is -2.07. The molecule has 0 amide bonds. The Morgan fingerprint density at radius 2 is 2.06 bits per heavy atom. The second kappa shape index (κ2) is 5.30. The third kappa shape index (κ3) is 3.08. The topological polar surface area (TPSA) is 63.6 Å². The minimum atomic E-state index is -0.646. The first-order valence-electron chi connectivity index (χ1n) is 5.05. The summed E-state index contributed by atoms with van der Waals surface area (Å²) in [4.78, 5) is 22.3. The molecule has 0 aliphatic carbocycles. The highest BCUT2D eigenvalue weighted by molar-refractivity contribution is 5.96. The molecule has 0 aliphatic heterocycles. The SMILES string of the molecule is CCC(=O)CC(=O)Oc1cccc(C)c1O. The molecule has 0 heterocycles. The number of carbonyl (C=O) groups excluding carboxylic acids is 2. The molecule has 0 aliphatic rings. The van der Waals surface area contributed by atoms with Crippen molar-refractivity contribution in [1.82, 2.24) is 0 Å². The summed E-state index contributed by atoms with van der Waals surface area (Å²) in [7, 11) is 0. The minimum absolute atomic E-state index is 0.0696. The maximum absolute atomic E-state index is 11.3. The number of para-hydroxylation sites is 1. The van der Waals surface area contributed by atoms with Crippen molar-refractivity contribution >= 4 is 11.8 Å². The molecule has 1 rings (SSSR count). The van der Waals surface area contributed by atoms with Crippen LogP contribution in [0.1, 0.15) is 25.3 Å². The number of Topliss-reactive ketones (excluding diaryl/α,β-unsaturated/α-hetero) is 1. The summed E-state index contributed by atoms with van der Waals surface area (Å²) < 4.78 is 4.89. The molecule has 0 radical (unpaired) electrons. The van der Waals surface area contributed by atoms with Crippen LogP contribution in [-0.2, 0) is 9.59 Å². The number of esters is 1. The molecule has 86 valence electrons. The summed E-state index contributed by atoms with van der Waals surface area (Å²) in [5.74, 6) is -0.807. The van der Waals surface area contributed by atoms with Gasteiger partial charge in [-0.3, -0.25) is 9.59 Å². The molecule has 0 saturated heterocycles. The highest BCUT2D eigenvalue weighted by Crippen LogP contribution is 2.29. The van der Waals surface area contributed by atoms with E-state index in [0.29, 0.717) is 12.0 Å². The lowest BCUT2D eigenvalue weighted by atomic mass is 10.2. The predicted octanol–water partition coefficient (Wildman–Crippen LogP) is 1.98. The van der Waals surface area contributed by atoms with Gasteiger partial charge in [0, 0.05) is 6.42 Å². The number of aryl methyl sites for hydroxylation is 1. The van der Waals surface area contributed by atoms with Crippen LogP contribution >= 0.6 is 0 Å². The molecule has 0 spiro atoms. The second-order valence-electron chi connectivity index (χ2n) is 3.46. The Hall–Kier alpha value is -1.84. The number of rotatable bonds is 4. The fourth-order valence-electron chi connectivity index (χ4n) is 1.16. The molecule has 1 N–H and O–H groups in total. The fraction of sp³-hybridized carbons (Fsp3) is 0.333. The van der Waals surface area contributed by atoms with Gasteiger partial charge in [-0.25, -0.2) is 0 Å². The van der Waals surface area contributed by atoms with E-state index in [1.165, 1.54) is 6.07 Å². The summed E-state index contributed by atoms with van der Waals surface area (Å²) in [6.45, 7) is 3.38. The minimum Gasteiger partial charge on any atom is -0.504 e. The highest BCUT2D eigenvalue weighted by Gasteiger charge is 2.13. The molecule has 0 saturated carbocycles. The molecule has 4 heteroatoms. The van der Waals surface area contributed by atoms with Gasteiger partial charge in [-0.2, -0.15) is 0 Å². The van der Waals surface area contributed by atoms with E-state index in [1.54, 1.807) is 26.0 Å². The third-order valence-corrected chi connectivity index (χ3v) is 2.16. The lowest BCUT2D eigenvalue weighted by molar-refractivity contribution is -0.138. The molecule has 16 heavy (non-hydrogen) atoms. The van der Waals surface area contributed by atoms with Gasteiger partial charge in [0.05, 0.1) is 0 Å². The Kier molecular flexibility index (Phi) is 4.05. The number of benzene rings is 1. The van der Waals surface area contributed by atoms with Crippen molar-refractivity contribution in [3.8, 4) is 11.5 Å². The van der Waals surface area contributed by atoms with Crippen LogP contribution in [0.15, 0.2) is 18.2 Å². The van der Waals surface area contributed by atoms with Crippen molar-refractivity contribution in [2.24, 2.45) is 0 Å². The monoisotopic (exact) mass is 222 g/mol. The summed E-state index contributed by atoms with van der Waals surface area (Å²) in [5.41, 5.74) is 0.618. The van der Waals surface area contributed by atoms with E-state index in [9.17, 15) is 14.7 Å². The molecule has 0 unspecified atom stereocenters. The van der Waals surface area contributed by atoms with Crippen molar-refractivity contribution in [2.75, 3.05) is 0 Å². The van der Waals surface area contributed by atoms with Crippen molar-refractivity contribution in [3.63, 3.8) is 0 Å². The number of aromatic hydroxyl groups is 1. The van der Waals surface area contributed by atoms with Crippen LogP contribution in [0.5, 0.6) is 11.5 Å². The first-order valence-corrected chi connectivity index (χ1v) is 5.05. The Bertz CT molecular complexity index is 409. The average molecular weight is 222 g/mol. The van der Waals surface area contributed by atoms with Crippen LogP contribution in [-0.4, -0.2) is 16.9 Å². The van der Waals surface area contributed by atoms with E-state index in [4.69, 9.17) is 4.74 Å². The molecule has 0 atom stereocenters. The Labute approximate surface area is 93.9 Å². The summed E-state index contributed by atoms with van der Waals surface area (Å²) in [6, 6.07) is 4.85. The maximum atomic E-state index is 11.3. The van der Waals surface area contributed by atoms with Crippen LogP contribution in [0.4, 0.5) is 0 Å². The molecular formula is C12H14O4. The maximum Gasteiger partial charge on any atom is 0.318 e. The molecule has 0 fully saturated rings. The number of hydrogen-bond acceptors (Lipinski definition) is 4. The third-order valence-electron chi connectivity index (χ3n) is 2.16. The van der Waals surface area contributed by atoms with Crippen LogP contribution in [0.3, 0.4) is 0 Å². The number of carbonyl (C=O) groups is 2. The van der Waals surface area contributed by atoms with E-state index >= 15 is 0 Å². The van der Waals surface area contributed by atoms with Crippen molar-refractivity contribution in [1.29, 1.82) is 0 Å².